The molecule has 0 aliphatic carbocycles. The van der Waals surface area contributed by atoms with Gasteiger partial charge >= 0.3 is 0 Å². The Kier molecular flexibility index (Phi) is 5.68. The molecule has 0 spiro atoms. The van der Waals surface area contributed by atoms with Crippen LogP contribution in [0.3, 0.4) is 0 Å². The Morgan fingerprint density at radius 1 is 1.16 bits per heavy atom. The lowest BCUT2D eigenvalue weighted by Gasteiger charge is -2.32. The standard InChI is InChI=1S/C19H19ClN2O3/c20-15-6-8-16(9-7-15)22-12-17(25-13-19(22)24)11-21-18(23)10-14-4-2-1-3-5-14/h1-9,17H,10-13H2,(H,21,23). The van der Waals surface area contributed by atoms with Crippen LogP contribution in [0, 0.1) is 0 Å². The summed E-state index contributed by atoms with van der Waals surface area (Å²) in [5.74, 6) is -0.168. The van der Waals surface area contributed by atoms with Crippen molar-refractivity contribution in [3.63, 3.8) is 0 Å². The maximum Gasteiger partial charge on any atom is 0.253 e. The lowest BCUT2D eigenvalue weighted by Crippen LogP contribution is -2.50. The summed E-state index contributed by atoms with van der Waals surface area (Å²) < 4.78 is 5.53. The average Bonchev–Trinajstić information content (AvgIpc) is 2.63. The van der Waals surface area contributed by atoms with Crippen LogP contribution in [0.15, 0.2) is 54.6 Å². The third-order valence-electron chi connectivity index (χ3n) is 4.00. The summed E-state index contributed by atoms with van der Waals surface area (Å²) in [6.45, 7) is 0.761. The first-order chi connectivity index (χ1) is 12.1. The molecule has 1 aliphatic heterocycles. The smallest absolute Gasteiger partial charge is 0.253 e. The Morgan fingerprint density at radius 2 is 1.88 bits per heavy atom. The molecule has 3 rings (SSSR count). The van der Waals surface area contributed by atoms with E-state index in [1.807, 2.05) is 30.3 Å². The number of hydrogen-bond acceptors (Lipinski definition) is 3. The Hall–Kier alpha value is -2.37. The van der Waals surface area contributed by atoms with Crippen LogP contribution in [-0.4, -0.2) is 37.6 Å². The molecule has 1 unspecified atom stereocenters. The highest BCUT2D eigenvalue weighted by Gasteiger charge is 2.27. The molecule has 0 saturated carbocycles. The molecule has 0 aromatic heterocycles. The Labute approximate surface area is 151 Å². The first kappa shape index (κ1) is 17.5. The quantitative estimate of drug-likeness (QED) is 0.893. The number of anilines is 1. The molecule has 2 aromatic rings. The van der Waals surface area contributed by atoms with Crippen LogP contribution in [0.1, 0.15) is 5.56 Å². The lowest BCUT2D eigenvalue weighted by molar-refractivity contribution is -0.129. The average molecular weight is 359 g/mol. The Morgan fingerprint density at radius 3 is 2.60 bits per heavy atom. The third kappa shape index (κ3) is 4.81. The highest BCUT2D eigenvalue weighted by molar-refractivity contribution is 6.30. The largest absolute Gasteiger partial charge is 0.365 e. The first-order valence-corrected chi connectivity index (χ1v) is 8.48. The minimum atomic E-state index is -0.242. The summed E-state index contributed by atoms with van der Waals surface area (Å²) in [5, 5.41) is 3.49. The number of nitrogens with zero attached hydrogens (tertiary/aromatic N) is 1. The molecule has 1 heterocycles. The van der Waals surface area contributed by atoms with Crippen molar-refractivity contribution in [1.29, 1.82) is 0 Å². The second-order valence-corrected chi connectivity index (χ2v) is 6.32. The number of nitrogens with one attached hydrogen (secondary N) is 1. The van der Waals surface area contributed by atoms with Gasteiger partial charge in [0.25, 0.3) is 5.91 Å². The Bertz CT molecular complexity index is 734. The van der Waals surface area contributed by atoms with Crippen LogP contribution in [-0.2, 0) is 20.7 Å². The fourth-order valence-electron chi connectivity index (χ4n) is 2.69. The number of amides is 2. The molecule has 1 saturated heterocycles. The fourth-order valence-corrected chi connectivity index (χ4v) is 2.82. The third-order valence-corrected chi connectivity index (χ3v) is 4.25. The molecule has 2 amide bonds. The molecule has 1 aliphatic rings. The van der Waals surface area contributed by atoms with Gasteiger partial charge in [-0.2, -0.15) is 0 Å². The molecule has 5 nitrogen and oxygen atoms in total. The molecule has 1 N–H and O–H groups in total. The Balaban J connectivity index is 1.53. The zero-order valence-corrected chi connectivity index (χ0v) is 14.4. The van der Waals surface area contributed by atoms with E-state index in [-0.39, 0.29) is 24.5 Å². The lowest BCUT2D eigenvalue weighted by atomic mass is 10.1. The summed E-state index contributed by atoms with van der Waals surface area (Å²) in [7, 11) is 0. The highest BCUT2D eigenvalue weighted by Crippen LogP contribution is 2.21. The highest BCUT2D eigenvalue weighted by atomic mass is 35.5. The van der Waals surface area contributed by atoms with E-state index in [1.165, 1.54) is 0 Å². The van der Waals surface area contributed by atoms with Gasteiger partial charge in [-0.15, -0.1) is 0 Å². The summed E-state index contributed by atoms with van der Waals surface area (Å²) in [6.07, 6.45) is 0.0843. The van der Waals surface area contributed by atoms with Crippen LogP contribution in [0.2, 0.25) is 5.02 Å². The van der Waals surface area contributed by atoms with E-state index >= 15 is 0 Å². The van der Waals surface area contributed by atoms with E-state index in [1.54, 1.807) is 29.2 Å². The van der Waals surface area contributed by atoms with Gasteiger partial charge in [0.1, 0.15) is 6.61 Å². The normalized spacial score (nSPS) is 17.4. The van der Waals surface area contributed by atoms with Gasteiger partial charge in [0.05, 0.1) is 19.1 Å². The molecule has 130 valence electrons. The molecule has 1 fully saturated rings. The maximum absolute atomic E-state index is 12.1. The van der Waals surface area contributed by atoms with E-state index in [2.05, 4.69) is 5.32 Å². The SMILES string of the molecule is O=C(Cc1ccccc1)NCC1CN(c2ccc(Cl)cc2)C(=O)CO1. The van der Waals surface area contributed by atoms with E-state index in [0.717, 1.165) is 11.3 Å². The van der Waals surface area contributed by atoms with Crippen molar-refractivity contribution >= 4 is 29.1 Å². The van der Waals surface area contributed by atoms with Crippen LogP contribution < -0.4 is 10.2 Å². The van der Waals surface area contributed by atoms with Gasteiger partial charge in [-0.3, -0.25) is 9.59 Å². The number of hydrogen-bond donors (Lipinski definition) is 1. The van der Waals surface area contributed by atoms with Crippen molar-refractivity contribution in [1.82, 2.24) is 5.32 Å². The topological polar surface area (TPSA) is 58.6 Å². The van der Waals surface area contributed by atoms with Crippen molar-refractivity contribution in [2.45, 2.75) is 12.5 Å². The number of halogens is 1. The summed E-state index contributed by atoms with van der Waals surface area (Å²) >= 11 is 5.89. The molecule has 0 bridgehead atoms. The number of morpholine rings is 1. The van der Waals surface area contributed by atoms with E-state index in [9.17, 15) is 9.59 Å². The molecule has 0 radical (unpaired) electrons. The second-order valence-electron chi connectivity index (χ2n) is 5.88. The van der Waals surface area contributed by atoms with E-state index in [0.29, 0.717) is 24.5 Å². The van der Waals surface area contributed by atoms with Gasteiger partial charge < -0.3 is 15.0 Å². The zero-order chi connectivity index (χ0) is 17.6. The molecule has 6 heteroatoms. The molecule has 25 heavy (non-hydrogen) atoms. The van der Waals surface area contributed by atoms with Crippen molar-refractivity contribution in [2.24, 2.45) is 0 Å². The van der Waals surface area contributed by atoms with Crippen molar-refractivity contribution in [3.05, 3.63) is 65.2 Å². The number of benzene rings is 2. The van der Waals surface area contributed by atoms with Crippen LogP contribution in [0.4, 0.5) is 5.69 Å². The van der Waals surface area contributed by atoms with Crippen LogP contribution in [0.25, 0.3) is 0 Å². The second kappa shape index (κ2) is 8.14. The van der Waals surface area contributed by atoms with Gasteiger partial charge in [0.2, 0.25) is 5.91 Å². The van der Waals surface area contributed by atoms with E-state index < -0.39 is 0 Å². The predicted octanol–water partition coefficient (Wildman–Crippen LogP) is 2.43. The van der Waals surface area contributed by atoms with Gasteiger partial charge in [0, 0.05) is 17.3 Å². The summed E-state index contributed by atoms with van der Waals surface area (Å²) in [4.78, 5) is 25.8. The van der Waals surface area contributed by atoms with Crippen LogP contribution >= 0.6 is 11.6 Å². The number of ether oxygens (including phenoxy) is 1. The zero-order valence-electron chi connectivity index (χ0n) is 13.7. The van der Waals surface area contributed by atoms with Gasteiger partial charge in [-0.1, -0.05) is 41.9 Å². The van der Waals surface area contributed by atoms with Gasteiger partial charge in [-0.05, 0) is 29.8 Å². The molecule has 1 atom stereocenters. The van der Waals surface area contributed by atoms with E-state index in [4.69, 9.17) is 16.3 Å². The summed E-state index contributed by atoms with van der Waals surface area (Å²) in [6, 6.07) is 16.7. The number of carbonyl (C=O) groups excluding carboxylic acids is 2. The van der Waals surface area contributed by atoms with Crippen LogP contribution in [0.5, 0.6) is 0 Å². The minimum absolute atomic E-state index is 0.00183. The van der Waals surface area contributed by atoms with Crippen molar-refractivity contribution < 1.29 is 14.3 Å². The van der Waals surface area contributed by atoms with Crippen molar-refractivity contribution in [3.8, 4) is 0 Å². The van der Waals surface area contributed by atoms with Gasteiger partial charge in [0.15, 0.2) is 0 Å². The first-order valence-electron chi connectivity index (χ1n) is 8.10. The monoisotopic (exact) mass is 358 g/mol. The maximum atomic E-state index is 12.1. The minimum Gasteiger partial charge on any atom is -0.365 e. The molecular formula is C19H19ClN2O3. The molecular weight excluding hydrogens is 340 g/mol. The van der Waals surface area contributed by atoms with Gasteiger partial charge in [-0.25, -0.2) is 0 Å². The fraction of sp³-hybridized carbons (Fsp3) is 0.263. The van der Waals surface area contributed by atoms with Crippen molar-refractivity contribution in [2.75, 3.05) is 24.6 Å². The number of carbonyl (C=O) groups is 2. The predicted molar refractivity (Wildman–Crippen MR) is 96.7 cm³/mol. The summed E-state index contributed by atoms with van der Waals surface area (Å²) in [5.41, 5.74) is 1.74. The molecule has 2 aromatic carbocycles. The number of rotatable bonds is 5.